The van der Waals surface area contributed by atoms with Crippen molar-refractivity contribution in [2.45, 2.75) is 38.9 Å². The molecule has 0 aliphatic heterocycles. The molecule has 0 fully saturated rings. The second kappa shape index (κ2) is 6.17. The third-order valence-electron chi connectivity index (χ3n) is 3.30. The summed E-state index contributed by atoms with van der Waals surface area (Å²) in [6.07, 6.45) is 3.44. The van der Waals surface area contributed by atoms with Crippen LogP contribution in [0.15, 0.2) is 22.9 Å². The molecule has 1 aromatic rings. The molecule has 0 amide bonds. The lowest BCUT2D eigenvalue weighted by molar-refractivity contribution is 0.203. The zero-order chi connectivity index (χ0) is 13.8. The molecular weight excluding hydrogens is 310 g/mol. The number of rotatable bonds is 5. The molecule has 0 aliphatic rings. The van der Waals surface area contributed by atoms with Crippen LogP contribution in [0.25, 0.3) is 0 Å². The largest absolute Gasteiger partial charge is 0.490 e. The van der Waals surface area contributed by atoms with Crippen LogP contribution in [0.3, 0.4) is 0 Å². The quantitative estimate of drug-likeness (QED) is 0.597. The summed E-state index contributed by atoms with van der Waals surface area (Å²) in [7, 11) is -1.66. The van der Waals surface area contributed by atoms with Crippen molar-refractivity contribution in [2.24, 2.45) is 0 Å². The molecule has 0 radical (unpaired) electrons. The molecule has 0 saturated carbocycles. The lowest BCUT2D eigenvalue weighted by Crippen LogP contribution is -2.41. The molecule has 0 spiro atoms. The SMILES string of the molecule is CC(C)(C)[Si](C)(C)OCCOc1cncc(Br)c1. The van der Waals surface area contributed by atoms with Gasteiger partial charge in [0.25, 0.3) is 0 Å². The first kappa shape index (κ1) is 15.7. The van der Waals surface area contributed by atoms with E-state index in [-0.39, 0.29) is 5.04 Å². The fraction of sp³-hybridized carbons (Fsp3) is 0.615. The summed E-state index contributed by atoms with van der Waals surface area (Å²) in [5.74, 6) is 0.767. The Labute approximate surface area is 119 Å². The highest BCUT2D eigenvalue weighted by Gasteiger charge is 2.36. The van der Waals surface area contributed by atoms with Crippen molar-refractivity contribution in [3.8, 4) is 5.75 Å². The Morgan fingerprint density at radius 1 is 1.22 bits per heavy atom. The van der Waals surface area contributed by atoms with Gasteiger partial charge in [0.05, 0.1) is 12.8 Å². The summed E-state index contributed by atoms with van der Waals surface area (Å²) in [5, 5.41) is 0.240. The predicted octanol–water partition coefficient (Wildman–Crippen LogP) is 4.24. The molecule has 5 heteroatoms. The molecule has 0 N–H and O–H groups in total. The van der Waals surface area contributed by atoms with E-state index in [9.17, 15) is 0 Å². The van der Waals surface area contributed by atoms with Gasteiger partial charge in [-0.25, -0.2) is 0 Å². The average Bonchev–Trinajstić information content (AvgIpc) is 2.23. The molecule has 0 saturated heterocycles. The molecule has 0 atom stereocenters. The number of hydrogen-bond donors (Lipinski definition) is 0. The Morgan fingerprint density at radius 2 is 1.89 bits per heavy atom. The van der Waals surface area contributed by atoms with Gasteiger partial charge in [-0.15, -0.1) is 0 Å². The Kier molecular flexibility index (Phi) is 5.37. The maximum Gasteiger partial charge on any atom is 0.192 e. The van der Waals surface area contributed by atoms with Crippen LogP contribution in [0.1, 0.15) is 20.8 Å². The standard InChI is InChI=1S/C13H22BrNO2Si/c1-13(2,3)18(4,5)17-7-6-16-12-8-11(14)9-15-10-12/h8-10H,6-7H2,1-5H3. The Bertz CT molecular complexity index is 391. The molecule has 102 valence electrons. The highest BCUT2D eigenvalue weighted by molar-refractivity contribution is 9.10. The minimum atomic E-state index is -1.66. The van der Waals surface area contributed by atoms with E-state index < -0.39 is 8.32 Å². The van der Waals surface area contributed by atoms with E-state index >= 15 is 0 Å². The third kappa shape index (κ3) is 4.70. The molecule has 0 unspecified atom stereocenters. The molecule has 0 aliphatic carbocycles. The number of pyridine rings is 1. The number of ether oxygens (including phenoxy) is 1. The van der Waals surface area contributed by atoms with Crippen molar-refractivity contribution in [1.82, 2.24) is 4.98 Å². The van der Waals surface area contributed by atoms with E-state index in [1.54, 1.807) is 12.4 Å². The first-order valence-corrected chi connectivity index (χ1v) is 9.80. The normalized spacial score (nSPS) is 12.6. The van der Waals surface area contributed by atoms with E-state index in [4.69, 9.17) is 9.16 Å². The summed E-state index contributed by atoms with van der Waals surface area (Å²) in [6, 6.07) is 1.90. The van der Waals surface area contributed by atoms with Crippen LogP contribution in [-0.2, 0) is 4.43 Å². The van der Waals surface area contributed by atoms with Gasteiger partial charge in [-0.2, -0.15) is 0 Å². The smallest absolute Gasteiger partial charge is 0.192 e. The maximum absolute atomic E-state index is 6.03. The molecule has 1 aromatic heterocycles. The van der Waals surface area contributed by atoms with Gasteiger partial charge in [-0.1, -0.05) is 20.8 Å². The highest BCUT2D eigenvalue weighted by atomic mass is 79.9. The fourth-order valence-corrected chi connectivity index (χ4v) is 2.51. The van der Waals surface area contributed by atoms with E-state index in [2.05, 4.69) is 54.8 Å². The zero-order valence-corrected chi connectivity index (χ0v) is 14.4. The van der Waals surface area contributed by atoms with Crippen LogP contribution in [0, 0.1) is 0 Å². The fourth-order valence-electron chi connectivity index (χ4n) is 1.14. The number of aromatic nitrogens is 1. The Hall–Kier alpha value is -0.393. The van der Waals surface area contributed by atoms with Gasteiger partial charge in [-0.05, 0) is 40.1 Å². The molecule has 1 heterocycles. The van der Waals surface area contributed by atoms with E-state index in [0.29, 0.717) is 13.2 Å². The Balaban J connectivity index is 2.35. The average molecular weight is 332 g/mol. The van der Waals surface area contributed by atoms with Gasteiger partial charge in [-0.3, -0.25) is 4.98 Å². The van der Waals surface area contributed by atoms with Crippen molar-refractivity contribution in [3.05, 3.63) is 22.9 Å². The molecule has 18 heavy (non-hydrogen) atoms. The third-order valence-corrected chi connectivity index (χ3v) is 8.27. The number of nitrogens with zero attached hydrogens (tertiary/aromatic N) is 1. The van der Waals surface area contributed by atoms with Crippen LogP contribution in [-0.4, -0.2) is 26.5 Å². The van der Waals surface area contributed by atoms with Crippen molar-refractivity contribution < 1.29 is 9.16 Å². The van der Waals surface area contributed by atoms with Gasteiger partial charge in [0.1, 0.15) is 12.4 Å². The Morgan fingerprint density at radius 3 is 2.44 bits per heavy atom. The first-order chi connectivity index (χ1) is 8.22. The summed E-state index contributed by atoms with van der Waals surface area (Å²) in [5.41, 5.74) is 0. The lowest BCUT2D eigenvalue weighted by Gasteiger charge is -2.36. The second-order valence-electron chi connectivity index (χ2n) is 5.80. The number of hydrogen-bond acceptors (Lipinski definition) is 3. The summed E-state index contributed by atoms with van der Waals surface area (Å²) in [6.45, 7) is 12.4. The van der Waals surface area contributed by atoms with Crippen LogP contribution in [0.5, 0.6) is 5.75 Å². The van der Waals surface area contributed by atoms with Crippen molar-refractivity contribution >= 4 is 24.2 Å². The lowest BCUT2D eigenvalue weighted by atomic mass is 10.2. The van der Waals surface area contributed by atoms with E-state index in [1.807, 2.05) is 6.07 Å². The minimum Gasteiger partial charge on any atom is -0.490 e. The maximum atomic E-state index is 6.03. The van der Waals surface area contributed by atoms with Gasteiger partial charge in [0.15, 0.2) is 8.32 Å². The van der Waals surface area contributed by atoms with E-state index in [1.165, 1.54) is 0 Å². The monoisotopic (exact) mass is 331 g/mol. The zero-order valence-electron chi connectivity index (χ0n) is 11.8. The van der Waals surface area contributed by atoms with Crippen molar-refractivity contribution in [3.63, 3.8) is 0 Å². The molecular formula is C13H22BrNO2Si. The molecule has 0 bridgehead atoms. The summed E-state index contributed by atoms with van der Waals surface area (Å²) in [4.78, 5) is 4.05. The van der Waals surface area contributed by atoms with Gasteiger partial charge in [0, 0.05) is 10.7 Å². The molecule has 0 aromatic carbocycles. The summed E-state index contributed by atoms with van der Waals surface area (Å²) < 4.78 is 12.5. The van der Waals surface area contributed by atoms with Crippen molar-refractivity contribution in [1.29, 1.82) is 0 Å². The predicted molar refractivity (Wildman–Crippen MR) is 80.6 cm³/mol. The van der Waals surface area contributed by atoms with E-state index in [0.717, 1.165) is 10.2 Å². The summed E-state index contributed by atoms with van der Waals surface area (Å²) >= 11 is 3.36. The van der Waals surface area contributed by atoms with Crippen molar-refractivity contribution in [2.75, 3.05) is 13.2 Å². The minimum absolute atomic E-state index is 0.240. The van der Waals surface area contributed by atoms with Crippen LogP contribution < -0.4 is 4.74 Å². The highest BCUT2D eigenvalue weighted by Crippen LogP contribution is 2.36. The number of halogens is 1. The van der Waals surface area contributed by atoms with Gasteiger partial charge >= 0.3 is 0 Å². The van der Waals surface area contributed by atoms with Gasteiger partial charge in [0.2, 0.25) is 0 Å². The topological polar surface area (TPSA) is 31.4 Å². The van der Waals surface area contributed by atoms with Crippen LogP contribution in [0.4, 0.5) is 0 Å². The molecule has 1 rings (SSSR count). The van der Waals surface area contributed by atoms with Crippen LogP contribution >= 0.6 is 15.9 Å². The van der Waals surface area contributed by atoms with Gasteiger partial charge < -0.3 is 9.16 Å². The second-order valence-corrected chi connectivity index (χ2v) is 11.5. The molecule has 3 nitrogen and oxygen atoms in total. The first-order valence-electron chi connectivity index (χ1n) is 6.10. The van der Waals surface area contributed by atoms with Crippen LogP contribution in [0.2, 0.25) is 18.1 Å².